The minimum atomic E-state index is 0.698. The maximum atomic E-state index is 5.94. The minimum Gasteiger partial charge on any atom is -0.356 e. The van der Waals surface area contributed by atoms with Crippen LogP contribution < -0.4 is 5.32 Å². The number of rotatable bonds is 3. The van der Waals surface area contributed by atoms with Crippen LogP contribution in [0.5, 0.6) is 0 Å². The van der Waals surface area contributed by atoms with Gasteiger partial charge in [-0.25, -0.2) is 0 Å². The van der Waals surface area contributed by atoms with E-state index in [0.29, 0.717) is 11.6 Å². The first-order valence-electron chi connectivity index (χ1n) is 5.08. The van der Waals surface area contributed by atoms with Gasteiger partial charge < -0.3 is 9.84 Å². The SMILES string of the molecule is CNCc1noc(-c2cccc(Cl)c2)c1C. The molecule has 84 valence electrons. The lowest BCUT2D eigenvalue weighted by molar-refractivity contribution is 0.421. The van der Waals surface area contributed by atoms with Crippen molar-refractivity contribution < 1.29 is 4.52 Å². The largest absolute Gasteiger partial charge is 0.356 e. The van der Waals surface area contributed by atoms with Gasteiger partial charge in [-0.05, 0) is 26.1 Å². The Morgan fingerprint density at radius 2 is 2.25 bits per heavy atom. The molecule has 16 heavy (non-hydrogen) atoms. The molecule has 1 aromatic carbocycles. The van der Waals surface area contributed by atoms with Crippen LogP contribution in [0.25, 0.3) is 11.3 Å². The zero-order valence-electron chi connectivity index (χ0n) is 9.25. The quantitative estimate of drug-likeness (QED) is 0.890. The summed E-state index contributed by atoms with van der Waals surface area (Å²) in [5.41, 5.74) is 2.94. The summed E-state index contributed by atoms with van der Waals surface area (Å²) < 4.78 is 5.34. The maximum absolute atomic E-state index is 5.94. The Kier molecular flexibility index (Phi) is 3.27. The lowest BCUT2D eigenvalue weighted by atomic mass is 10.1. The Labute approximate surface area is 99.4 Å². The molecule has 2 rings (SSSR count). The van der Waals surface area contributed by atoms with Gasteiger partial charge in [0, 0.05) is 22.7 Å². The highest BCUT2D eigenvalue weighted by Gasteiger charge is 2.12. The zero-order chi connectivity index (χ0) is 11.5. The van der Waals surface area contributed by atoms with Gasteiger partial charge in [-0.15, -0.1) is 0 Å². The highest BCUT2D eigenvalue weighted by molar-refractivity contribution is 6.30. The molecular formula is C12H13ClN2O. The summed E-state index contributed by atoms with van der Waals surface area (Å²) in [6, 6.07) is 7.57. The van der Waals surface area contributed by atoms with E-state index in [1.165, 1.54) is 0 Å². The molecule has 0 saturated heterocycles. The number of halogens is 1. The molecule has 1 N–H and O–H groups in total. The van der Waals surface area contributed by atoms with E-state index in [1.807, 2.05) is 38.2 Å². The van der Waals surface area contributed by atoms with Crippen molar-refractivity contribution >= 4 is 11.6 Å². The zero-order valence-corrected chi connectivity index (χ0v) is 10.0. The molecule has 0 fully saturated rings. The molecule has 0 atom stereocenters. The van der Waals surface area contributed by atoms with Gasteiger partial charge in [-0.1, -0.05) is 28.9 Å². The molecular weight excluding hydrogens is 224 g/mol. The van der Waals surface area contributed by atoms with Gasteiger partial charge in [0.1, 0.15) is 5.69 Å². The van der Waals surface area contributed by atoms with Crippen molar-refractivity contribution in [2.24, 2.45) is 0 Å². The third-order valence-electron chi connectivity index (χ3n) is 2.45. The van der Waals surface area contributed by atoms with Gasteiger partial charge in [0.25, 0.3) is 0 Å². The monoisotopic (exact) mass is 236 g/mol. The lowest BCUT2D eigenvalue weighted by Gasteiger charge is -1.98. The molecule has 0 amide bonds. The van der Waals surface area contributed by atoms with E-state index in [0.717, 1.165) is 22.6 Å². The third kappa shape index (κ3) is 2.10. The highest BCUT2D eigenvalue weighted by Crippen LogP contribution is 2.27. The summed E-state index contributed by atoms with van der Waals surface area (Å²) >= 11 is 5.94. The van der Waals surface area contributed by atoms with E-state index in [4.69, 9.17) is 16.1 Å². The summed E-state index contributed by atoms with van der Waals surface area (Å²) in [6.45, 7) is 2.70. The van der Waals surface area contributed by atoms with E-state index < -0.39 is 0 Å². The minimum absolute atomic E-state index is 0.698. The van der Waals surface area contributed by atoms with E-state index in [1.54, 1.807) is 0 Å². The molecule has 3 nitrogen and oxygen atoms in total. The molecule has 0 unspecified atom stereocenters. The molecule has 1 aromatic heterocycles. The van der Waals surface area contributed by atoms with E-state index in [2.05, 4.69) is 10.5 Å². The average molecular weight is 237 g/mol. The molecule has 0 radical (unpaired) electrons. The van der Waals surface area contributed by atoms with Crippen molar-refractivity contribution in [3.8, 4) is 11.3 Å². The first-order valence-corrected chi connectivity index (χ1v) is 5.46. The van der Waals surface area contributed by atoms with Crippen molar-refractivity contribution in [1.29, 1.82) is 0 Å². The molecule has 2 aromatic rings. The van der Waals surface area contributed by atoms with Crippen LogP contribution in [0.2, 0.25) is 5.02 Å². The Balaban J connectivity index is 2.41. The summed E-state index contributed by atoms with van der Waals surface area (Å²) in [4.78, 5) is 0. The van der Waals surface area contributed by atoms with Crippen LogP contribution in [0, 0.1) is 6.92 Å². The van der Waals surface area contributed by atoms with Crippen LogP contribution in [0.15, 0.2) is 28.8 Å². The highest BCUT2D eigenvalue weighted by atomic mass is 35.5. The second-order valence-electron chi connectivity index (χ2n) is 3.62. The predicted molar refractivity (Wildman–Crippen MR) is 64.4 cm³/mol. The van der Waals surface area contributed by atoms with Crippen LogP contribution in [-0.4, -0.2) is 12.2 Å². The summed E-state index contributed by atoms with van der Waals surface area (Å²) in [6.07, 6.45) is 0. The summed E-state index contributed by atoms with van der Waals surface area (Å²) in [5.74, 6) is 0.785. The molecule has 0 saturated carbocycles. The molecule has 0 aliphatic carbocycles. The second-order valence-corrected chi connectivity index (χ2v) is 4.06. The molecule has 0 spiro atoms. The summed E-state index contributed by atoms with van der Waals surface area (Å²) in [5, 5.41) is 7.78. The smallest absolute Gasteiger partial charge is 0.170 e. The van der Waals surface area contributed by atoms with Gasteiger partial charge in [0.2, 0.25) is 0 Å². The molecule has 0 aliphatic rings. The topological polar surface area (TPSA) is 38.1 Å². The first kappa shape index (κ1) is 11.2. The number of hydrogen-bond acceptors (Lipinski definition) is 3. The van der Waals surface area contributed by atoms with Crippen LogP contribution >= 0.6 is 11.6 Å². The Hall–Kier alpha value is -1.32. The summed E-state index contributed by atoms with van der Waals surface area (Å²) in [7, 11) is 1.88. The van der Waals surface area contributed by atoms with Crippen molar-refractivity contribution in [2.45, 2.75) is 13.5 Å². The molecule has 0 aliphatic heterocycles. The lowest BCUT2D eigenvalue weighted by Crippen LogP contribution is -2.06. The van der Waals surface area contributed by atoms with Gasteiger partial charge >= 0.3 is 0 Å². The average Bonchev–Trinajstić information content (AvgIpc) is 2.61. The standard InChI is InChI=1S/C12H13ClN2O/c1-8-11(7-14-2)15-16-12(8)9-4-3-5-10(13)6-9/h3-6,14H,7H2,1-2H3. The van der Waals surface area contributed by atoms with Crippen molar-refractivity contribution in [3.63, 3.8) is 0 Å². The fraction of sp³-hybridized carbons (Fsp3) is 0.250. The molecule has 0 bridgehead atoms. The Morgan fingerprint density at radius 1 is 1.44 bits per heavy atom. The fourth-order valence-electron chi connectivity index (χ4n) is 1.60. The van der Waals surface area contributed by atoms with E-state index in [-0.39, 0.29) is 0 Å². The Bertz CT molecular complexity index is 494. The van der Waals surface area contributed by atoms with Gasteiger partial charge in [0.05, 0.1) is 0 Å². The first-order chi connectivity index (χ1) is 7.72. The van der Waals surface area contributed by atoms with E-state index >= 15 is 0 Å². The van der Waals surface area contributed by atoms with Crippen LogP contribution in [0.1, 0.15) is 11.3 Å². The fourth-order valence-corrected chi connectivity index (χ4v) is 1.79. The normalized spacial score (nSPS) is 10.7. The van der Waals surface area contributed by atoms with Gasteiger partial charge in [-0.3, -0.25) is 0 Å². The van der Waals surface area contributed by atoms with Crippen LogP contribution in [0.4, 0.5) is 0 Å². The second kappa shape index (κ2) is 4.68. The molecule has 1 heterocycles. The number of nitrogens with one attached hydrogen (secondary N) is 1. The number of hydrogen-bond donors (Lipinski definition) is 1. The van der Waals surface area contributed by atoms with Crippen LogP contribution in [0.3, 0.4) is 0 Å². The van der Waals surface area contributed by atoms with Crippen molar-refractivity contribution in [2.75, 3.05) is 7.05 Å². The maximum Gasteiger partial charge on any atom is 0.170 e. The van der Waals surface area contributed by atoms with Crippen molar-refractivity contribution in [3.05, 3.63) is 40.5 Å². The van der Waals surface area contributed by atoms with Gasteiger partial charge in [0.15, 0.2) is 5.76 Å². The van der Waals surface area contributed by atoms with Crippen LogP contribution in [-0.2, 0) is 6.54 Å². The number of aromatic nitrogens is 1. The molecule has 4 heteroatoms. The third-order valence-corrected chi connectivity index (χ3v) is 2.69. The Morgan fingerprint density at radius 3 is 2.94 bits per heavy atom. The van der Waals surface area contributed by atoms with Gasteiger partial charge in [-0.2, -0.15) is 0 Å². The number of benzene rings is 1. The van der Waals surface area contributed by atoms with E-state index in [9.17, 15) is 0 Å². The predicted octanol–water partition coefficient (Wildman–Crippen LogP) is 3.02. The number of nitrogens with zero attached hydrogens (tertiary/aromatic N) is 1. The van der Waals surface area contributed by atoms with Crippen molar-refractivity contribution in [1.82, 2.24) is 10.5 Å².